The number of hydrogen-bond acceptors (Lipinski definition) is 10. The summed E-state index contributed by atoms with van der Waals surface area (Å²) in [4.78, 5) is 13.1. The van der Waals surface area contributed by atoms with Crippen molar-refractivity contribution < 1.29 is 51.8 Å². The van der Waals surface area contributed by atoms with Gasteiger partial charge in [-0.25, -0.2) is 4.18 Å². The van der Waals surface area contributed by atoms with Crippen LogP contribution in [-0.2, 0) is 28.9 Å². The highest BCUT2D eigenvalue weighted by atomic mass is 32.3. The lowest BCUT2D eigenvalue weighted by molar-refractivity contribution is -0.298. The third-order valence-corrected chi connectivity index (χ3v) is 14.3. The van der Waals surface area contributed by atoms with Crippen LogP contribution < -0.4 is 5.32 Å². The van der Waals surface area contributed by atoms with E-state index in [9.17, 15) is 38.2 Å². The van der Waals surface area contributed by atoms with E-state index in [1.54, 1.807) is 0 Å². The van der Waals surface area contributed by atoms with E-state index in [1.165, 1.54) is 193 Å². The van der Waals surface area contributed by atoms with Crippen LogP contribution in [0.25, 0.3) is 0 Å². The topological polar surface area (TPSA) is 192 Å². The Balaban J connectivity index is 2.35. The highest BCUT2D eigenvalue weighted by Crippen LogP contribution is 2.26. The summed E-state index contributed by atoms with van der Waals surface area (Å²) in [6.07, 6.45) is 45.0. The van der Waals surface area contributed by atoms with E-state index in [-0.39, 0.29) is 12.5 Å². The maximum atomic E-state index is 13.1. The van der Waals surface area contributed by atoms with Crippen molar-refractivity contribution in [2.45, 2.75) is 320 Å². The monoisotopic (exact) mass is 990 g/mol. The maximum absolute atomic E-state index is 13.1. The number of rotatable bonds is 50. The number of allylic oxidation sites excluding steroid dienone is 2. The zero-order valence-electron chi connectivity index (χ0n) is 43.7. The first-order valence-electron chi connectivity index (χ1n) is 28.6. The predicted molar refractivity (Wildman–Crippen MR) is 278 cm³/mol. The molecule has 7 atom stereocenters. The van der Waals surface area contributed by atoms with Gasteiger partial charge in [-0.1, -0.05) is 244 Å². The number of nitrogens with one attached hydrogen (secondary N) is 1. The van der Waals surface area contributed by atoms with Crippen LogP contribution in [0, 0.1) is 0 Å². The number of aliphatic hydroxyl groups is 4. The molecule has 1 aliphatic heterocycles. The van der Waals surface area contributed by atoms with Crippen LogP contribution in [0.4, 0.5) is 0 Å². The molecule has 1 amide bonds. The number of amides is 1. The first-order valence-corrected chi connectivity index (χ1v) is 29.9. The molecule has 404 valence electrons. The molecule has 7 unspecified atom stereocenters. The fraction of sp³-hybridized carbons (Fsp3) is 0.945. The smallest absolute Gasteiger partial charge is 0.394 e. The van der Waals surface area contributed by atoms with Gasteiger partial charge in [0.15, 0.2) is 6.29 Å². The van der Waals surface area contributed by atoms with Crippen molar-refractivity contribution in [1.82, 2.24) is 5.32 Å². The molecule has 0 aromatic carbocycles. The highest BCUT2D eigenvalue weighted by Gasteiger charge is 2.48. The van der Waals surface area contributed by atoms with Gasteiger partial charge in [0, 0.05) is 6.42 Å². The van der Waals surface area contributed by atoms with Crippen molar-refractivity contribution in [1.29, 1.82) is 0 Å². The van der Waals surface area contributed by atoms with Gasteiger partial charge >= 0.3 is 10.4 Å². The van der Waals surface area contributed by atoms with Crippen LogP contribution >= 0.6 is 0 Å². The molecular weight excluding hydrogens is 883 g/mol. The van der Waals surface area contributed by atoms with Gasteiger partial charge in [-0.2, -0.15) is 8.42 Å². The minimum atomic E-state index is -5.08. The lowest BCUT2D eigenvalue weighted by atomic mass is 9.99. The van der Waals surface area contributed by atoms with Crippen LogP contribution in [0.3, 0.4) is 0 Å². The fourth-order valence-corrected chi connectivity index (χ4v) is 9.91. The molecule has 13 heteroatoms. The van der Waals surface area contributed by atoms with Crippen LogP contribution in [0.2, 0.25) is 0 Å². The van der Waals surface area contributed by atoms with Gasteiger partial charge in [0.25, 0.3) is 0 Å². The number of aliphatic hydroxyl groups excluding tert-OH is 4. The third-order valence-electron chi connectivity index (χ3n) is 13.8. The summed E-state index contributed by atoms with van der Waals surface area (Å²) in [7, 11) is -5.08. The minimum Gasteiger partial charge on any atom is -0.394 e. The Kier molecular flexibility index (Phi) is 43.6. The Hall–Kier alpha value is -1.16. The van der Waals surface area contributed by atoms with E-state index in [2.05, 4.69) is 35.5 Å². The van der Waals surface area contributed by atoms with Crippen LogP contribution in [0.5, 0.6) is 0 Å². The predicted octanol–water partition coefficient (Wildman–Crippen LogP) is 13.1. The number of carbonyl (C=O) groups excluding carboxylic acids is 1. The van der Waals surface area contributed by atoms with Crippen molar-refractivity contribution in [3.63, 3.8) is 0 Å². The van der Waals surface area contributed by atoms with Gasteiger partial charge in [-0.05, 0) is 38.5 Å². The molecule has 0 saturated carbocycles. The van der Waals surface area contributed by atoms with Gasteiger partial charge < -0.3 is 35.2 Å². The Morgan fingerprint density at radius 3 is 1.32 bits per heavy atom. The first-order chi connectivity index (χ1) is 33.0. The summed E-state index contributed by atoms with van der Waals surface area (Å²) in [5.74, 6) is -0.228. The molecule has 6 N–H and O–H groups in total. The average molecular weight is 991 g/mol. The van der Waals surface area contributed by atoms with E-state index in [1.807, 2.05) is 0 Å². The van der Waals surface area contributed by atoms with E-state index < -0.39 is 59.9 Å². The number of unbranched alkanes of at least 4 members (excludes halogenated alkanes) is 36. The largest absolute Gasteiger partial charge is 0.397 e. The van der Waals surface area contributed by atoms with Crippen LogP contribution in [-0.4, -0.2) is 95.4 Å². The van der Waals surface area contributed by atoms with Gasteiger partial charge in [0.05, 0.1) is 25.4 Å². The molecular formula is C55H107NO11S. The van der Waals surface area contributed by atoms with Crippen LogP contribution in [0.15, 0.2) is 12.2 Å². The molecule has 0 aliphatic carbocycles. The molecule has 0 spiro atoms. The van der Waals surface area contributed by atoms with Crippen molar-refractivity contribution in [3.05, 3.63) is 12.2 Å². The number of carbonyl (C=O) groups is 1. The lowest BCUT2D eigenvalue weighted by Crippen LogP contribution is -2.61. The maximum Gasteiger partial charge on any atom is 0.397 e. The Bertz CT molecular complexity index is 1260. The minimum absolute atomic E-state index is 0.228. The summed E-state index contributed by atoms with van der Waals surface area (Å²) in [6.45, 7) is 3.49. The Morgan fingerprint density at radius 1 is 0.574 bits per heavy atom. The first kappa shape index (κ1) is 64.9. The Labute approximate surface area is 417 Å². The Morgan fingerprint density at radius 2 is 0.941 bits per heavy atom. The molecule has 1 fully saturated rings. The normalized spacial score (nSPS) is 19.8. The van der Waals surface area contributed by atoms with Crippen molar-refractivity contribution in [2.75, 3.05) is 13.2 Å². The van der Waals surface area contributed by atoms with E-state index in [0.29, 0.717) is 19.3 Å². The molecule has 0 aromatic rings. The summed E-state index contributed by atoms with van der Waals surface area (Å²) >= 11 is 0. The second kappa shape index (κ2) is 45.7. The molecule has 1 rings (SSSR count). The quantitative estimate of drug-likeness (QED) is 0.0193. The second-order valence-corrected chi connectivity index (χ2v) is 21.3. The summed E-state index contributed by atoms with van der Waals surface area (Å²) in [5, 5.41) is 45.1. The van der Waals surface area contributed by atoms with E-state index >= 15 is 0 Å². The molecule has 12 nitrogen and oxygen atoms in total. The average Bonchev–Trinajstić information content (AvgIpc) is 3.31. The lowest BCUT2D eigenvalue weighted by Gasteiger charge is -2.41. The zero-order chi connectivity index (χ0) is 49.8. The van der Waals surface area contributed by atoms with E-state index in [0.717, 1.165) is 51.4 Å². The van der Waals surface area contributed by atoms with Gasteiger partial charge in [-0.15, -0.1) is 0 Å². The SMILES string of the molecule is CCCCCCCCCCCCCC/C=C\CCCCCCCCCCC(=O)NC(COC1OC(CO)C(O)C(OS(=O)(=O)O)C1O)C(O)CCCCCCCCCCCCCCCCCCC. The standard InChI is InChI=1S/C55H107NO11S/c1-3-5-7-9-11-13-15-17-19-21-22-23-24-25-26-27-29-31-33-35-37-39-41-43-45-51(59)56-48(47-65-55-53(61)54(67-68(62,63)64)52(60)50(46-57)66-55)49(58)44-42-40-38-36-34-32-30-28-20-18-16-14-12-10-8-6-4-2/h25-26,48-50,52-55,57-58,60-61H,3-24,27-47H2,1-2H3,(H,56,59)(H,62,63,64)/b26-25-. The highest BCUT2D eigenvalue weighted by molar-refractivity contribution is 7.80. The van der Waals surface area contributed by atoms with Crippen molar-refractivity contribution in [3.8, 4) is 0 Å². The van der Waals surface area contributed by atoms with Gasteiger partial charge in [-0.3, -0.25) is 9.35 Å². The molecule has 0 radical (unpaired) electrons. The van der Waals surface area contributed by atoms with Gasteiger partial charge in [0.2, 0.25) is 5.91 Å². The number of ether oxygens (including phenoxy) is 2. The van der Waals surface area contributed by atoms with Crippen LogP contribution in [0.1, 0.15) is 277 Å². The summed E-state index contributed by atoms with van der Waals surface area (Å²) in [6, 6.07) is -0.857. The molecule has 1 heterocycles. The zero-order valence-corrected chi connectivity index (χ0v) is 44.5. The summed E-state index contributed by atoms with van der Waals surface area (Å²) in [5.41, 5.74) is 0. The van der Waals surface area contributed by atoms with Gasteiger partial charge in [0.1, 0.15) is 24.4 Å². The molecule has 68 heavy (non-hydrogen) atoms. The molecule has 1 saturated heterocycles. The second-order valence-electron chi connectivity index (χ2n) is 20.2. The third kappa shape index (κ3) is 37.6. The van der Waals surface area contributed by atoms with E-state index in [4.69, 9.17) is 9.47 Å². The molecule has 0 aromatic heterocycles. The van der Waals surface area contributed by atoms with Crippen molar-refractivity contribution >= 4 is 16.3 Å². The van der Waals surface area contributed by atoms with Crippen molar-refractivity contribution in [2.24, 2.45) is 0 Å². The number of hydrogen-bond donors (Lipinski definition) is 6. The fourth-order valence-electron chi connectivity index (χ4n) is 9.40. The molecule has 1 aliphatic rings. The molecule has 0 bridgehead atoms. The summed E-state index contributed by atoms with van der Waals surface area (Å²) < 4.78 is 47.9.